The lowest BCUT2D eigenvalue weighted by Crippen LogP contribution is -2.18. The van der Waals surface area contributed by atoms with Crippen molar-refractivity contribution in [1.82, 2.24) is 0 Å². The fraction of sp³-hybridized carbons (Fsp3) is 0.364. The molecule has 1 atom stereocenters. The van der Waals surface area contributed by atoms with Crippen LogP contribution in [-0.4, -0.2) is 17.0 Å². The minimum Gasteiger partial charge on any atom is -0.334 e. The summed E-state index contributed by atoms with van der Waals surface area (Å²) in [6.45, 7) is 2.15. The van der Waals surface area contributed by atoms with Gasteiger partial charge in [-0.2, -0.15) is 0 Å². The highest BCUT2D eigenvalue weighted by atomic mass is 79.9. The Morgan fingerprint density at radius 1 is 1.47 bits per heavy atom. The molecule has 1 aliphatic heterocycles. The number of para-hydroxylation sites is 1. The Bertz CT molecular complexity index is 379. The zero-order valence-corrected chi connectivity index (χ0v) is 10.9. The first-order valence-electron chi connectivity index (χ1n) is 4.98. The Hall–Kier alpha value is -0.480. The van der Waals surface area contributed by atoms with Crippen LogP contribution in [0.5, 0.6) is 0 Å². The first-order valence-corrected chi connectivity index (χ1v) is 6.76. The van der Waals surface area contributed by atoms with E-state index in [-0.39, 0.29) is 0 Å². The molecule has 1 aliphatic rings. The molecule has 2 nitrogen and oxygen atoms in total. The van der Waals surface area contributed by atoms with Gasteiger partial charge in [-0.05, 0) is 41.4 Å². The molecule has 1 heterocycles. The molecule has 0 radical (unpaired) electrons. The number of aliphatic imine (C=N–C) groups is 1. The van der Waals surface area contributed by atoms with Crippen LogP contribution in [0.15, 0.2) is 33.7 Å². The predicted octanol–water partition coefficient (Wildman–Crippen LogP) is 3.74. The third-order valence-electron chi connectivity index (χ3n) is 2.23. The lowest BCUT2D eigenvalue weighted by molar-refractivity contribution is 0.720. The van der Waals surface area contributed by atoms with Gasteiger partial charge in [0.25, 0.3) is 0 Å². The van der Waals surface area contributed by atoms with Crippen LogP contribution < -0.4 is 5.32 Å². The maximum absolute atomic E-state index is 4.57. The van der Waals surface area contributed by atoms with Crippen LogP contribution in [0, 0.1) is 0 Å². The van der Waals surface area contributed by atoms with Gasteiger partial charge in [-0.25, -0.2) is 0 Å². The third kappa shape index (κ3) is 2.98. The van der Waals surface area contributed by atoms with Gasteiger partial charge in [-0.15, -0.1) is 0 Å². The molecule has 0 saturated carbocycles. The molecule has 1 aromatic carbocycles. The number of amidine groups is 1. The van der Waals surface area contributed by atoms with Gasteiger partial charge in [-0.3, -0.25) is 4.99 Å². The molecule has 0 spiro atoms. The van der Waals surface area contributed by atoms with Gasteiger partial charge in [-0.1, -0.05) is 23.9 Å². The standard InChI is InChI=1S/C11H13BrN2S/c1-8-6-7-15-11(13-8)14-10-5-3-2-4-9(10)12/h2-5,8H,6-7H2,1H3,(H,13,14). The molecule has 1 aromatic rings. The lowest BCUT2D eigenvalue weighted by Gasteiger charge is -2.18. The fourth-order valence-corrected chi connectivity index (χ4v) is 2.85. The summed E-state index contributed by atoms with van der Waals surface area (Å²) in [6, 6.07) is 8.54. The Labute approximate surface area is 103 Å². The Balaban J connectivity index is 2.12. The average molecular weight is 285 g/mol. The summed E-state index contributed by atoms with van der Waals surface area (Å²) >= 11 is 5.30. The normalized spacial score (nSPS) is 20.9. The summed E-state index contributed by atoms with van der Waals surface area (Å²) in [5.41, 5.74) is 1.08. The monoisotopic (exact) mass is 284 g/mol. The molecule has 80 valence electrons. The summed E-state index contributed by atoms with van der Waals surface area (Å²) < 4.78 is 1.08. The Morgan fingerprint density at radius 2 is 2.27 bits per heavy atom. The van der Waals surface area contributed by atoms with Crippen LogP contribution in [0.2, 0.25) is 0 Å². The van der Waals surface area contributed by atoms with Gasteiger partial charge in [0.05, 0.1) is 11.7 Å². The molecule has 0 bridgehead atoms. The van der Waals surface area contributed by atoms with E-state index in [0.717, 1.165) is 21.1 Å². The number of rotatable bonds is 1. The second kappa shape index (κ2) is 5.03. The molecular weight excluding hydrogens is 272 g/mol. The second-order valence-electron chi connectivity index (χ2n) is 3.53. The highest BCUT2D eigenvalue weighted by Gasteiger charge is 2.12. The number of benzene rings is 1. The molecule has 0 fully saturated rings. The van der Waals surface area contributed by atoms with Crippen LogP contribution in [-0.2, 0) is 0 Å². The van der Waals surface area contributed by atoms with E-state index in [2.05, 4.69) is 33.2 Å². The van der Waals surface area contributed by atoms with Gasteiger partial charge in [0, 0.05) is 10.2 Å². The number of halogens is 1. The van der Waals surface area contributed by atoms with Crippen LogP contribution in [0.3, 0.4) is 0 Å². The number of nitrogens with zero attached hydrogens (tertiary/aromatic N) is 1. The molecule has 2 rings (SSSR count). The van der Waals surface area contributed by atoms with Gasteiger partial charge in [0.2, 0.25) is 0 Å². The zero-order chi connectivity index (χ0) is 10.7. The summed E-state index contributed by atoms with van der Waals surface area (Å²) in [5.74, 6) is 1.15. The van der Waals surface area contributed by atoms with E-state index in [1.807, 2.05) is 24.3 Å². The quantitative estimate of drug-likeness (QED) is 0.850. The maximum atomic E-state index is 4.57. The number of thioether (sulfide) groups is 1. The number of hydrogen-bond acceptors (Lipinski definition) is 3. The minimum absolute atomic E-state index is 0.441. The molecule has 0 aromatic heterocycles. The number of anilines is 1. The van der Waals surface area contributed by atoms with Crippen molar-refractivity contribution in [3.8, 4) is 0 Å². The molecule has 0 aliphatic carbocycles. The van der Waals surface area contributed by atoms with Crippen molar-refractivity contribution < 1.29 is 0 Å². The zero-order valence-electron chi connectivity index (χ0n) is 8.53. The Kier molecular flexibility index (Phi) is 3.70. The molecular formula is C11H13BrN2S. The van der Waals surface area contributed by atoms with Crippen molar-refractivity contribution in [2.75, 3.05) is 11.1 Å². The molecule has 1 unspecified atom stereocenters. The fourth-order valence-electron chi connectivity index (χ4n) is 1.37. The summed E-state index contributed by atoms with van der Waals surface area (Å²) in [5, 5.41) is 4.37. The first-order chi connectivity index (χ1) is 7.25. The van der Waals surface area contributed by atoms with Crippen molar-refractivity contribution in [2.24, 2.45) is 4.99 Å². The van der Waals surface area contributed by atoms with E-state index in [0.29, 0.717) is 6.04 Å². The first kappa shape index (κ1) is 11.0. The smallest absolute Gasteiger partial charge is 0.161 e. The lowest BCUT2D eigenvalue weighted by atomic mass is 10.3. The molecule has 0 saturated heterocycles. The van der Waals surface area contributed by atoms with Gasteiger partial charge >= 0.3 is 0 Å². The van der Waals surface area contributed by atoms with Crippen LogP contribution in [0.25, 0.3) is 0 Å². The van der Waals surface area contributed by atoms with Gasteiger partial charge < -0.3 is 5.32 Å². The second-order valence-corrected chi connectivity index (χ2v) is 5.46. The molecule has 1 N–H and O–H groups in total. The van der Waals surface area contributed by atoms with E-state index in [4.69, 9.17) is 0 Å². The minimum atomic E-state index is 0.441. The summed E-state index contributed by atoms with van der Waals surface area (Å²) in [6.07, 6.45) is 1.17. The Morgan fingerprint density at radius 3 is 3.00 bits per heavy atom. The third-order valence-corrected chi connectivity index (χ3v) is 3.84. The van der Waals surface area contributed by atoms with Gasteiger partial charge in [0.1, 0.15) is 0 Å². The van der Waals surface area contributed by atoms with Crippen molar-refractivity contribution in [3.05, 3.63) is 28.7 Å². The molecule has 4 heteroatoms. The van der Waals surface area contributed by atoms with Crippen molar-refractivity contribution >= 4 is 38.5 Å². The average Bonchev–Trinajstić information content (AvgIpc) is 2.22. The number of hydrogen-bond donors (Lipinski definition) is 1. The predicted molar refractivity (Wildman–Crippen MR) is 71.7 cm³/mol. The van der Waals surface area contributed by atoms with Crippen molar-refractivity contribution in [2.45, 2.75) is 19.4 Å². The van der Waals surface area contributed by atoms with E-state index >= 15 is 0 Å². The number of nitrogens with one attached hydrogen (secondary N) is 1. The maximum Gasteiger partial charge on any atom is 0.161 e. The highest BCUT2D eigenvalue weighted by molar-refractivity contribution is 9.10. The summed E-state index contributed by atoms with van der Waals surface area (Å²) in [7, 11) is 0. The van der Waals surface area contributed by atoms with Crippen molar-refractivity contribution in [3.63, 3.8) is 0 Å². The van der Waals surface area contributed by atoms with Crippen LogP contribution in [0.4, 0.5) is 5.69 Å². The van der Waals surface area contributed by atoms with Crippen LogP contribution in [0.1, 0.15) is 13.3 Å². The van der Waals surface area contributed by atoms with E-state index in [9.17, 15) is 0 Å². The van der Waals surface area contributed by atoms with Crippen molar-refractivity contribution in [1.29, 1.82) is 0 Å². The summed E-state index contributed by atoms with van der Waals surface area (Å²) in [4.78, 5) is 4.57. The van der Waals surface area contributed by atoms with E-state index < -0.39 is 0 Å². The molecule has 15 heavy (non-hydrogen) atoms. The van der Waals surface area contributed by atoms with E-state index in [1.54, 1.807) is 11.8 Å². The van der Waals surface area contributed by atoms with E-state index in [1.165, 1.54) is 6.42 Å². The molecule has 0 amide bonds. The largest absolute Gasteiger partial charge is 0.334 e. The topological polar surface area (TPSA) is 24.4 Å². The van der Waals surface area contributed by atoms with Crippen LogP contribution >= 0.6 is 27.7 Å². The SMILES string of the molecule is CC1CCSC(Nc2ccccc2Br)=N1. The van der Waals surface area contributed by atoms with Gasteiger partial charge in [0.15, 0.2) is 5.17 Å². The highest BCUT2D eigenvalue weighted by Crippen LogP contribution is 2.24.